The van der Waals surface area contributed by atoms with Crippen LogP contribution in [0.1, 0.15) is 6.92 Å². The van der Waals surface area contributed by atoms with Gasteiger partial charge in [0, 0.05) is 0 Å². The maximum Gasteiger partial charge on any atom is 0.319 e. The minimum Gasteiger partial charge on any atom is -0.465 e. The Bertz CT molecular complexity index is 126. The lowest BCUT2D eigenvalue weighted by molar-refractivity contribution is -0.141. The topological polar surface area (TPSA) is 78.3 Å². The zero-order valence-corrected chi connectivity index (χ0v) is 7.95. The van der Waals surface area contributed by atoms with Crippen LogP contribution in [-0.2, 0) is 9.53 Å². The molecule has 66 valence electrons. The third-order valence-corrected chi connectivity index (χ3v) is 0.472. The van der Waals surface area contributed by atoms with Crippen molar-refractivity contribution in [2.24, 2.45) is 11.5 Å². The average Bonchev–Trinajstić information content (AvgIpc) is 1.87. The fourth-order valence-corrected chi connectivity index (χ4v) is 0.220. The number of nitrogens with two attached hydrogens (primary N) is 2. The molecule has 0 radical (unpaired) electrons. The Hall–Kier alpha value is -0.330. The van der Waals surface area contributed by atoms with Crippen molar-refractivity contribution in [1.82, 2.24) is 0 Å². The standard InChI is InChI=1S/C4H9NO2.CH3NS2/c1-2-7-4(6)3-5;2-1(3)4/h2-3,5H2,1H3;(H3,2,3,4). The van der Waals surface area contributed by atoms with E-state index in [1.165, 1.54) is 0 Å². The second kappa shape index (κ2) is 9.67. The molecule has 0 aromatic carbocycles. The number of ether oxygens (including phenoxy) is 1. The first kappa shape index (κ1) is 13.3. The van der Waals surface area contributed by atoms with Crippen molar-refractivity contribution < 1.29 is 9.53 Å². The van der Waals surface area contributed by atoms with Gasteiger partial charge in [-0.2, -0.15) is 0 Å². The summed E-state index contributed by atoms with van der Waals surface area (Å²) in [6, 6.07) is 0. The van der Waals surface area contributed by atoms with E-state index in [0.717, 1.165) is 0 Å². The van der Waals surface area contributed by atoms with Gasteiger partial charge >= 0.3 is 5.97 Å². The van der Waals surface area contributed by atoms with Crippen LogP contribution in [0.4, 0.5) is 0 Å². The van der Waals surface area contributed by atoms with Crippen LogP contribution in [0.3, 0.4) is 0 Å². The largest absolute Gasteiger partial charge is 0.465 e. The van der Waals surface area contributed by atoms with E-state index in [1.807, 2.05) is 0 Å². The van der Waals surface area contributed by atoms with Crippen LogP contribution in [0.2, 0.25) is 0 Å². The molecule has 0 saturated carbocycles. The molecule has 0 aliphatic heterocycles. The van der Waals surface area contributed by atoms with Gasteiger partial charge in [0.2, 0.25) is 0 Å². The number of esters is 1. The van der Waals surface area contributed by atoms with Crippen LogP contribution in [0.25, 0.3) is 0 Å². The Labute approximate surface area is 76.7 Å². The van der Waals surface area contributed by atoms with Gasteiger partial charge in [0.15, 0.2) is 0 Å². The zero-order valence-electron chi connectivity index (χ0n) is 6.24. The van der Waals surface area contributed by atoms with Gasteiger partial charge in [0.05, 0.1) is 13.2 Å². The fourth-order valence-electron chi connectivity index (χ4n) is 0.220. The first-order chi connectivity index (χ1) is 5.04. The quantitative estimate of drug-likeness (QED) is 0.320. The van der Waals surface area contributed by atoms with E-state index in [2.05, 4.69) is 29.6 Å². The molecule has 0 unspecified atom stereocenters. The Morgan fingerprint density at radius 3 is 2.18 bits per heavy atom. The molecule has 0 fully saturated rings. The van der Waals surface area contributed by atoms with Crippen molar-refractivity contribution in [1.29, 1.82) is 0 Å². The van der Waals surface area contributed by atoms with Gasteiger partial charge in [0.25, 0.3) is 0 Å². The van der Waals surface area contributed by atoms with Crippen molar-refractivity contribution in [2.45, 2.75) is 6.92 Å². The molecule has 0 spiro atoms. The molecule has 0 aromatic heterocycles. The Balaban J connectivity index is 0. The van der Waals surface area contributed by atoms with Crippen LogP contribution in [0.15, 0.2) is 0 Å². The number of hydrogen-bond acceptors (Lipinski definition) is 4. The van der Waals surface area contributed by atoms with Crippen LogP contribution >= 0.6 is 24.8 Å². The highest BCUT2D eigenvalue weighted by molar-refractivity contribution is 8.10. The van der Waals surface area contributed by atoms with Crippen molar-refractivity contribution in [3.8, 4) is 0 Å². The first-order valence-corrected chi connectivity index (χ1v) is 3.74. The summed E-state index contributed by atoms with van der Waals surface area (Å²) in [5.41, 5.74) is 9.59. The summed E-state index contributed by atoms with van der Waals surface area (Å²) in [4.78, 5) is 10.1. The lowest BCUT2D eigenvalue weighted by atomic mass is 10.7. The molecule has 0 saturated heterocycles. The van der Waals surface area contributed by atoms with Crippen LogP contribution in [0.5, 0.6) is 0 Å². The highest BCUT2D eigenvalue weighted by atomic mass is 32.1. The molecule has 0 aliphatic carbocycles. The summed E-state index contributed by atoms with van der Waals surface area (Å²) in [6.45, 7) is 2.14. The van der Waals surface area contributed by atoms with E-state index in [1.54, 1.807) is 6.92 Å². The predicted molar refractivity (Wildman–Crippen MR) is 51.5 cm³/mol. The molecular weight excluding hydrogens is 184 g/mol. The van der Waals surface area contributed by atoms with E-state index in [4.69, 9.17) is 11.5 Å². The predicted octanol–water partition coefficient (Wildman–Crippen LogP) is -0.332. The van der Waals surface area contributed by atoms with Gasteiger partial charge < -0.3 is 16.2 Å². The maximum absolute atomic E-state index is 10.1. The molecule has 0 rings (SSSR count). The molecule has 0 heterocycles. The molecule has 0 aromatic rings. The SMILES string of the molecule is CCOC(=O)CN.NC(=S)S. The van der Waals surface area contributed by atoms with Gasteiger partial charge in [-0.25, -0.2) is 0 Å². The van der Waals surface area contributed by atoms with E-state index in [9.17, 15) is 4.79 Å². The van der Waals surface area contributed by atoms with Crippen molar-refractivity contribution in [3.63, 3.8) is 0 Å². The van der Waals surface area contributed by atoms with Crippen LogP contribution in [0, 0.1) is 0 Å². The van der Waals surface area contributed by atoms with E-state index >= 15 is 0 Å². The van der Waals surface area contributed by atoms with Crippen LogP contribution in [-0.4, -0.2) is 23.4 Å². The fraction of sp³-hybridized carbons (Fsp3) is 0.600. The molecule has 11 heavy (non-hydrogen) atoms. The van der Waals surface area contributed by atoms with Crippen molar-refractivity contribution in [2.75, 3.05) is 13.2 Å². The highest BCUT2D eigenvalue weighted by Gasteiger charge is 1.91. The molecule has 0 aliphatic rings. The second-order valence-corrected chi connectivity index (χ2v) is 2.57. The molecule has 4 nitrogen and oxygen atoms in total. The lowest BCUT2D eigenvalue weighted by Crippen LogP contribution is -2.16. The molecule has 4 N–H and O–H groups in total. The summed E-state index contributed by atoms with van der Waals surface area (Å²) in [7, 11) is 0. The summed E-state index contributed by atoms with van der Waals surface area (Å²) in [5.74, 6) is -0.345. The third kappa shape index (κ3) is 26.1. The third-order valence-electron chi connectivity index (χ3n) is 0.472. The number of thiol groups is 1. The molecule has 0 bridgehead atoms. The monoisotopic (exact) mass is 196 g/mol. The van der Waals surface area contributed by atoms with Gasteiger partial charge in [0.1, 0.15) is 4.32 Å². The molecular formula is C5H12N2O2S2. The van der Waals surface area contributed by atoms with Gasteiger partial charge in [-0.1, -0.05) is 12.2 Å². The Kier molecular flexibility index (Phi) is 11.7. The van der Waals surface area contributed by atoms with E-state index < -0.39 is 0 Å². The number of rotatable bonds is 2. The smallest absolute Gasteiger partial charge is 0.319 e. The maximum atomic E-state index is 10.1. The van der Waals surface area contributed by atoms with E-state index in [-0.39, 0.29) is 16.8 Å². The number of hydrogen-bond donors (Lipinski definition) is 3. The first-order valence-electron chi connectivity index (χ1n) is 2.88. The summed E-state index contributed by atoms with van der Waals surface area (Å²) < 4.78 is 4.62. The van der Waals surface area contributed by atoms with E-state index in [0.29, 0.717) is 6.61 Å². The summed E-state index contributed by atoms with van der Waals surface area (Å²) in [5, 5.41) is 0. The molecule has 0 amide bonds. The van der Waals surface area contributed by atoms with Crippen molar-refractivity contribution >= 4 is 35.1 Å². The zero-order chi connectivity index (χ0) is 9.28. The Morgan fingerprint density at radius 2 is 2.09 bits per heavy atom. The summed E-state index contributed by atoms with van der Waals surface area (Å²) >= 11 is 7.65. The van der Waals surface area contributed by atoms with Gasteiger partial charge in [-0.15, -0.1) is 12.6 Å². The Morgan fingerprint density at radius 1 is 1.73 bits per heavy atom. The lowest BCUT2D eigenvalue weighted by Gasteiger charge is -1.93. The summed E-state index contributed by atoms with van der Waals surface area (Å²) in [6.07, 6.45) is 0. The number of carbonyl (C=O) groups excluding carboxylic acids is 1. The molecule has 6 heteroatoms. The average molecular weight is 196 g/mol. The highest BCUT2D eigenvalue weighted by Crippen LogP contribution is 1.69. The molecule has 0 atom stereocenters. The number of thiocarbonyl (C=S) groups is 1. The van der Waals surface area contributed by atoms with Gasteiger partial charge in [-0.05, 0) is 6.92 Å². The second-order valence-electron chi connectivity index (χ2n) is 1.35. The van der Waals surface area contributed by atoms with Crippen molar-refractivity contribution in [3.05, 3.63) is 0 Å². The number of carbonyl (C=O) groups is 1. The minimum atomic E-state index is -0.345. The van der Waals surface area contributed by atoms with Gasteiger partial charge in [-0.3, -0.25) is 4.79 Å². The normalized spacial score (nSPS) is 7.55. The minimum absolute atomic E-state index is 0.0200. The van der Waals surface area contributed by atoms with Crippen LogP contribution < -0.4 is 11.5 Å².